The van der Waals surface area contributed by atoms with E-state index in [-0.39, 0.29) is 18.4 Å². The minimum absolute atomic E-state index is 0.124. The van der Waals surface area contributed by atoms with Gasteiger partial charge in [-0.1, -0.05) is 42.5 Å². The highest BCUT2D eigenvalue weighted by Gasteiger charge is 2.14. The van der Waals surface area contributed by atoms with Crippen molar-refractivity contribution in [2.45, 2.75) is 13.5 Å². The van der Waals surface area contributed by atoms with Crippen molar-refractivity contribution in [3.8, 4) is 11.5 Å². The fourth-order valence-electron chi connectivity index (χ4n) is 3.11. The van der Waals surface area contributed by atoms with Gasteiger partial charge in [0.15, 0.2) is 18.1 Å². The number of aryl methyl sites for hydroxylation is 1. The summed E-state index contributed by atoms with van der Waals surface area (Å²) in [6, 6.07) is 22.1. The summed E-state index contributed by atoms with van der Waals surface area (Å²) in [5, 5.41) is 2.77. The average Bonchev–Trinajstić information content (AvgIpc) is 2.78. The fourth-order valence-corrected chi connectivity index (χ4v) is 3.11. The summed E-state index contributed by atoms with van der Waals surface area (Å²) >= 11 is 0. The number of carbonyl (C=O) groups is 2. The summed E-state index contributed by atoms with van der Waals surface area (Å²) in [4.78, 5) is 26.7. The van der Waals surface area contributed by atoms with Gasteiger partial charge in [-0.25, -0.2) is 0 Å². The number of nitrogens with zero attached hydrogens (tertiary/aromatic N) is 1. The standard InChI is InChI=1S/C25H26N2O4/c1-18-12-13-22(23(14-18)30-3)31-17-24(28)26-21-11-7-10-20(15-21)25(29)27(2)16-19-8-5-4-6-9-19/h4-15H,16-17H2,1-3H3,(H,26,28). The highest BCUT2D eigenvalue weighted by molar-refractivity contribution is 5.97. The number of carbonyl (C=O) groups excluding carboxylic acids is 2. The van der Waals surface area contributed by atoms with E-state index in [1.165, 1.54) is 0 Å². The van der Waals surface area contributed by atoms with Crippen molar-refractivity contribution in [3.63, 3.8) is 0 Å². The van der Waals surface area contributed by atoms with E-state index in [1.54, 1.807) is 49.4 Å². The monoisotopic (exact) mass is 418 g/mol. The van der Waals surface area contributed by atoms with Crippen LogP contribution in [0.15, 0.2) is 72.8 Å². The third-order valence-electron chi connectivity index (χ3n) is 4.68. The van der Waals surface area contributed by atoms with Crippen LogP contribution in [0.2, 0.25) is 0 Å². The Hall–Kier alpha value is -3.80. The van der Waals surface area contributed by atoms with Gasteiger partial charge in [-0.15, -0.1) is 0 Å². The quantitative estimate of drug-likeness (QED) is 0.593. The minimum atomic E-state index is -0.329. The van der Waals surface area contributed by atoms with Gasteiger partial charge >= 0.3 is 0 Å². The molecule has 0 bridgehead atoms. The van der Waals surface area contributed by atoms with Gasteiger partial charge in [0.05, 0.1) is 7.11 Å². The predicted molar refractivity (Wildman–Crippen MR) is 121 cm³/mol. The number of hydrogen-bond acceptors (Lipinski definition) is 4. The molecule has 0 fully saturated rings. The molecular formula is C25H26N2O4. The molecule has 6 nitrogen and oxygen atoms in total. The number of hydrogen-bond donors (Lipinski definition) is 1. The first-order chi connectivity index (χ1) is 15.0. The highest BCUT2D eigenvalue weighted by atomic mass is 16.5. The topological polar surface area (TPSA) is 67.9 Å². The maximum Gasteiger partial charge on any atom is 0.262 e. The number of rotatable bonds is 8. The number of nitrogens with one attached hydrogen (secondary N) is 1. The van der Waals surface area contributed by atoms with Crippen LogP contribution in [0.5, 0.6) is 11.5 Å². The molecule has 6 heteroatoms. The first kappa shape index (κ1) is 21.9. The van der Waals surface area contributed by atoms with Crippen LogP contribution >= 0.6 is 0 Å². The Bertz CT molecular complexity index is 1050. The summed E-state index contributed by atoms with van der Waals surface area (Å²) in [6.07, 6.45) is 0. The summed E-state index contributed by atoms with van der Waals surface area (Å²) in [5.41, 5.74) is 3.11. The van der Waals surface area contributed by atoms with Gasteiger partial charge in [0, 0.05) is 24.8 Å². The Morgan fingerprint density at radius 3 is 2.45 bits per heavy atom. The summed E-state index contributed by atoms with van der Waals surface area (Å²) in [5.74, 6) is 0.613. The lowest BCUT2D eigenvalue weighted by Crippen LogP contribution is -2.26. The first-order valence-electron chi connectivity index (χ1n) is 9.93. The zero-order valence-electron chi connectivity index (χ0n) is 17.9. The van der Waals surface area contributed by atoms with Crippen LogP contribution in [-0.2, 0) is 11.3 Å². The summed E-state index contributed by atoms with van der Waals surface area (Å²) < 4.78 is 10.9. The lowest BCUT2D eigenvalue weighted by atomic mass is 10.1. The van der Waals surface area contributed by atoms with Crippen molar-refractivity contribution >= 4 is 17.5 Å². The fraction of sp³-hybridized carbons (Fsp3) is 0.200. The van der Waals surface area contributed by atoms with Crippen molar-refractivity contribution in [2.75, 3.05) is 26.1 Å². The van der Waals surface area contributed by atoms with Crippen LogP contribution in [-0.4, -0.2) is 37.5 Å². The van der Waals surface area contributed by atoms with Crippen molar-refractivity contribution in [1.82, 2.24) is 4.90 Å². The molecule has 31 heavy (non-hydrogen) atoms. The first-order valence-corrected chi connectivity index (χ1v) is 9.93. The second kappa shape index (κ2) is 10.3. The molecule has 3 rings (SSSR count). The van der Waals surface area contributed by atoms with E-state index in [4.69, 9.17) is 9.47 Å². The lowest BCUT2D eigenvalue weighted by Gasteiger charge is -2.18. The molecule has 0 aliphatic heterocycles. The third-order valence-corrected chi connectivity index (χ3v) is 4.68. The zero-order valence-corrected chi connectivity index (χ0v) is 17.9. The maximum atomic E-state index is 12.8. The van der Waals surface area contributed by atoms with Gasteiger partial charge in [-0.05, 0) is 48.4 Å². The summed E-state index contributed by atoms with van der Waals surface area (Å²) in [7, 11) is 3.31. The molecule has 0 spiro atoms. The molecule has 3 aromatic carbocycles. The van der Waals surface area contributed by atoms with Crippen LogP contribution in [0.1, 0.15) is 21.5 Å². The van der Waals surface area contributed by atoms with E-state index in [0.717, 1.165) is 11.1 Å². The molecule has 0 aliphatic carbocycles. The number of methoxy groups -OCH3 is 1. The second-order valence-corrected chi connectivity index (χ2v) is 7.22. The van der Waals surface area contributed by atoms with Gasteiger partial charge in [0.2, 0.25) is 0 Å². The molecule has 0 saturated carbocycles. The van der Waals surface area contributed by atoms with E-state index in [1.807, 2.05) is 49.4 Å². The van der Waals surface area contributed by atoms with Crippen molar-refractivity contribution in [3.05, 3.63) is 89.5 Å². The third kappa shape index (κ3) is 6.09. The molecule has 0 saturated heterocycles. The Labute approximate surface area is 182 Å². The Morgan fingerprint density at radius 2 is 1.71 bits per heavy atom. The van der Waals surface area contributed by atoms with Crippen molar-refractivity contribution in [2.24, 2.45) is 0 Å². The van der Waals surface area contributed by atoms with Gasteiger partial charge in [-0.2, -0.15) is 0 Å². The molecule has 3 aromatic rings. The van der Waals surface area contributed by atoms with Gasteiger partial charge < -0.3 is 19.7 Å². The maximum absolute atomic E-state index is 12.8. The van der Waals surface area contributed by atoms with Crippen LogP contribution in [0.3, 0.4) is 0 Å². The lowest BCUT2D eigenvalue weighted by molar-refractivity contribution is -0.118. The number of amides is 2. The Morgan fingerprint density at radius 1 is 0.935 bits per heavy atom. The SMILES string of the molecule is COc1cc(C)ccc1OCC(=O)Nc1cccc(C(=O)N(C)Cc2ccccc2)c1. The van der Waals surface area contributed by atoms with E-state index in [0.29, 0.717) is 29.3 Å². The molecule has 0 aliphatic rings. The number of benzene rings is 3. The molecule has 1 N–H and O–H groups in total. The molecule has 0 aromatic heterocycles. The molecule has 0 heterocycles. The normalized spacial score (nSPS) is 10.3. The Balaban J connectivity index is 1.59. The zero-order chi connectivity index (χ0) is 22.2. The largest absolute Gasteiger partial charge is 0.493 e. The van der Waals surface area contributed by atoms with Crippen molar-refractivity contribution < 1.29 is 19.1 Å². The van der Waals surface area contributed by atoms with E-state index < -0.39 is 0 Å². The molecule has 2 amide bonds. The molecular weight excluding hydrogens is 392 g/mol. The van der Waals surface area contributed by atoms with Crippen molar-refractivity contribution in [1.29, 1.82) is 0 Å². The molecule has 0 unspecified atom stereocenters. The van der Waals surface area contributed by atoms with Crippen LogP contribution in [0, 0.1) is 6.92 Å². The second-order valence-electron chi connectivity index (χ2n) is 7.22. The molecule has 0 radical (unpaired) electrons. The van der Waals surface area contributed by atoms with E-state index >= 15 is 0 Å². The van der Waals surface area contributed by atoms with Gasteiger partial charge in [-0.3, -0.25) is 9.59 Å². The van der Waals surface area contributed by atoms with Gasteiger partial charge in [0.25, 0.3) is 11.8 Å². The highest BCUT2D eigenvalue weighted by Crippen LogP contribution is 2.27. The van der Waals surface area contributed by atoms with E-state index in [9.17, 15) is 9.59 Å². The molecule has 160 valence electrons. The minimum Gasteiger partial charge on any atom is -0.493 e. The Kier molecular flexibility index (Phi) is 7.27. The number of ether oxygens (including phenoxy) is 2. The smallest absolute Gasteiger partial charge is 0.262 e. The van der Waals surface area contributed by atoms with Gasteiger partial charge in [0.1, 0.15) is 0 Å². The van der Waals surface area contributed by atoms with Crippen LogP contribution < -0.4 is 14.8 Å². The predicted octanol–water partition coefficient (Wildman–Crippen LogP) is 4.29. The number of anilines is 1. The average molecular weight is 418 g/mol. The van der Waals surface area contributed by atoms with Crippen LogP contribution in [0.4, 0.5) is 5.69 Å². The van der Waals surface area contributed by atoms with Crippen LogP contribution in [0.25, 0.3) is 0 Å². The summed E-state index contributed by atoms with van der Waals surface area (Å²) in [6.45, 7) is 2.28. The molecule has 0 atom stereocenters. The van der Waals surface area contributed by atoms with E-state index in [2.05, 4.69) is 5.32 Å².